The second-order valence-corrected chi connectivity index (χ2v) is 5.00. The molecule has 1 heterocycles. The smallest absolute Gasteiger partial charge is 0.372 e. The highest BCUT2D eigenvalue weighted by atomic mass is 16.5. The quantitative estimate of drug-likeness (QED) is 0.767. The molecule has 0 radical (unpaired) electrons. The van der Waals surface area contributed by atoms with Gasteiger partial charge >= 0.3 is 5.97 Å². The third-order valence-corrected chi connectivity index (χ3v) is 3.74. The molecule has 0 aliphatic heterocycles. The van der Waals surface area contributed by atoms with Gasteiger partial charge in [0.2, 0.25) is 17.3 Å². The molecule has 1 N–H and O–H groups in total. The predicted molar refractivity (Wildman–Crippen MR) is 88.3 cm³/mol. The predicted octanol–water partition coefficient (Wildman–Crippen LogP) is 3.82. The summed E-state index contributed by atoms with van der Waals surface area (Å²) in [6, 6.07) is 10.8. The van der Waals surface area contributed by atoms with Crippen molar-refractivity contribution in [1.29, 1.82) is 0 Å². The van der Waals surface area contributed by atoms with Crippen LogP contribution in [0.4, 0.5) is 0 Å². The molecule has 3 aromatic rings. The number of ether oxygens (including phenoxy) is 3. The zero-order chi connectivity index (χ0) is 17.3. The molecule has 0 unspecified atom stereocenters. The number of hydrogen-bond acceptors (Lipinski definition) is 5. The Labute approximate surface area is 138 Å². The van der Waals surface area contributed by atoms with Gasteiger partial charge in [-0.25, -0.2) is 4.79 Å². The van der Waals surface area contributed by atoms with Crippen LogP contribution in [-0.2, 0) is 0 Å². The van der Waals surface area contributed by atoms with Gasteiger partial charge < -0.3 is 23.7 Å². The van der Waals surface area contributed by atoms with Crippen molar-refractivity contribution in [3.05, 3.63) is 42.2 Å². The van der Waals surface area contributed by atoms with E-state index in [0.717, 1.165) is 5.56 Å². The summed E-state index contributed by atoms with van der Waals surface area (Å²) in [7, 11) is 4.44. The lowest BCUT2D eigenvalue weighted by atomic mass is 10.0. The third kappa shape index (κ3) is 2.32. The van der Waals surface area contributed by atoms with Crippen LogP contribution in [0, 0.1) is 0 Å². The highest BCUT2D eigenvalue weighted by Gasteiger charge is 2.27. The maximum absolute atomic E-state index is 11.7. The maximum Gasteiger partial charge on any atom is 0.372 e. The normalized spacial score (nSPS) is 10.6. The molecular weight excluding hydrogens is 312 g/mol. The van der Waals surface area contributed by atoms with Crippen LogP contribution in [0.5, 0.6) is 17.2 Å². The summed E-state index contributed by atoms with van der Waals surface area (Å²) in [5.74, 6) is -0.263. The number of hydrogen-bond donors (Lipinski definition) is 1. The van der Waals surface area contributed by atoms with E-state index in [1.54, 1.807) is 6.07 Å². The second kappa shape index (κ2) is 6.16. The number of rotatable bonds is 5. The van der Waals surface area contributed by atoms with Crippen LogP contribution in [0.2, 0.25) is 0 Å². The van der Waals surface area contributed by atoms with E-state index in [2.05, 4.69) is 0 Å². The Morgan fingerprint density at radius 1 is 1.00 bits per heavy atom. The number of carbonyl (C=O) groups is 1. The Balaban J connectivity index is 2.46. The lowest BCUT2D eigenvalue weighted by Gasteiger charge is -2.12. The van der Waals surface area contributed by atoms with Gasteiger partial charge in [-0.05, 0) is 11.6 Å². The van der Waals surface area contributed by atoms with Crippen molar-refractivity contribution < 1.29 is 28.5 Å². The molecule has 0 aliphatic carbocycles. The van der Waals surface area contributed by atoms with Gasteiger partial charge in [-0.3, -0.25) is 0 Å². The molecule has 0 saturated heterocycles. The molecule has 0 spiro atoms. The number of carboxylic acid groups (broad SMARTS) is 1. The van der Waals surface area contributed by atoms with Crippen molar-refractivity contribution in [3.63, 3.8) is 0 Å². The standard InChI is InChI=1S/C18H16O6/c1-21-12-9-11-13(10-7-5-4-6-8-10)16(18(19)20)24-14(11)17(23-3)15(12)22-2/h4-9H,1-3H3,(H,19,20). The van der Waals surface area contributed by atoms with Crippen LogP contribution >= 0.6 is 0 Å². The van der Waals surface area contributed by atoms with Gasteiger partial charge in [0.1, 0.15) is 0 Å². The molecule has 24 heavy (non-hydrogen) atoms. The van der Waals surface area contributed by atoms with E-state index < -0.39 is 5.97 Å². The van der Waals surface area contributed by atoms with Crippen molar-refractivity contribution in [2.45, 2.75) is 0 Å². The van der Waals surface area contributed by atoms with Gasteiger partial charge in [0, 0.05) is 10.9 Å². The summed E-state index contributed by atoms with van der Waals surface area (Å²) in [6.45, 7) is 0. The number of fused-ring (bicyclic) bond motifs is 1. The van der Waals surface area contributed by atoms with Crippen LogP contribution in [0.1, 0.15) is 10.6 Å². The van der Waals surface area contributed by atoms with Gasteiger partial charge in [-0.2, -0.15) is 0 Å². The highest BCUT2D eigenvalue weighted by molar-refractivity contribution is 6.08. The molecule has 2 aromatic carbocycles. The molecular formula is C18H16O6. The van der Waals surface area contributed by atoms with Gasteiger partial charge in [0.05, 0.1) is 21.3 Å². The molecule has 124 valence electrons. The van der Waals surface area contributed by atoms with Gasteiger partial charge in [0.15, 0.2) is 11.3 Å². The van der Waals surface area contributed by atoms with Crippen molar-refractivity contribution >= 4 is 16.9 Å². The van der Waals surface area contributed by atoms with Crippen molar-refractivity contribution in [2.24, 2.45) is 0 Å². The largest absolute Gasteiger partial charge is 0.493 e. The summed E-state index contributed by atoms with van der Waals surface area (Å²) in [6.07, 6.45) is 0. The fourth-order valence-electron chi connectivity index (χ4n) is 2.73. The first kappa shape index (κ1) is 15.7. The molecule has 0 bridgehead atoms. The second-order valence-electron chi connectivity index (χ2n) is 5.00. The van der Waals surface area contributed by atoms with Gasteiger partial charge in [0.25, 0.3) is 0 Å². The minimum atomic E-state index is -1.16. The number of aromatic carboxylic acids is 1. The van der Waals surface area contributed by atoms with E-state index >= 15 is 0 Å². The molecule has 0 fully saturated rings. The molecule has 6 nitrogen and oxygen atoms in total. The molecule has 0 aliphatic rings. The summed E-state index contributed by atoms with van der Waals surface area (Å²) in [5, 5.41) is 10.1. The molecule has 3 rings (SSSR count). The van der Waals surface area contributed by atoms with E-state index in [9.17, 15) is 9.90 Å². The minimum Gasteiger partial charge on any atom is -0.493 e. The summed E-state index contributed by atoms with van der Waals surface area (Å²) in [4.78, 5) is 11.7. The molecule has 1 aromatic heterocycles. The van der Waals surface area contributed by atoms with Gasteiger partial charge in [-0.1, -0.05) is 30.3 Å². The van der Waals surface area contributed by atoms with Crippen LogP contribution < -0.4 is 14.2 Å². The summed E-state index contributed by atoms with van der Waals surface area (Å²) < 4.78 is 21.7. The van der Waals surface area contributed by atoms with Crippen molar-refractivity contribution in [2.75, 3.05) is 21.3 Å². The van der Waals surface area contributed by atoms with E-state index in [-0.39, 0.29) is 11.5 Å². The Bertz CT molecular complexity index is 895. The monoisotopic (exact) mass is 328 g/mol. The Morgan fingerprint density at radius 3 is 2.21 bits per heavy atom. The average Bonchev–Trinajstić information content (AvgIpc) is 2.99. The average molecular weight is 328 g/mol. The van der Waals surface area contributed by atoms with E-state index in [0.29, 0.717) is 28.0 Å². The first-order valence-corrected chi connectivity index (χ1v) is 7.16. The Morgan fingerprint density at radius 2 is 1.67 bits per heavy atom. The van der Waals surface area contributed by atoms with Crippen LogP contribution in [0.3, 0.4) is 0 Å². The topological polar surface area (TPSA) is 78.1 Å². The van der Waals surface area contributed by atoms with Crippen LogP contribution in [-0.4, -0.2) is 32.4 Å². The lowest BCUT2D eigenvalue weighted by Crippen LogP contribution is -1.96. The molecule has 6 heteroatoms. The van der Waals surface area contributed by atoms with Crippen molar-refractivity contribution in [1.82, 2.24) is 0 Å². The molecule has 0 atom stereocenters. The molecule has 0 amide bonds. The third-order valence-electron chi connectivity index (χ3n) is 3.74. The number of methoxy groups -OCH3 is 3. The molecule has 0 saturated carbocycles. The maximum atomic E-state index is 11.7. The number of carboxylic acids is 1. The zero-order valence-corrected chi connectivity index (χ0v) is 13.5. The van der Waals surface area contributed by atoms with E-state index in [4.69, 9.17) is 18.6 Å². The zero-order valence-electron chi connectivity index (χ0n) is 13.5. The first-order valence-electron chi connectivity index (χ1n) is 7.16. The Hall–Kier alpha value is -3.15. The number of benzene rings is 2. The summed E-state index contributed by atoms with van der Waals surface area (Å²) in [5.41, 5.74) is 1.49. The summed E-state index contributed by atoms with van der Waals surface area (Å²) >= 11 is 0. The van der Waals surface area contributed by atoms with Crippen LogP contribution in [0.15, 0.2) is 40.8 Å². The minimum absolute atomic E-state index is 0.162. The van der Waals surface area contributed by atoms with Gasteiger partial charge in [-0.15, -0.1) is 0 Å². The Kier molecular flexibility index (Phi) is 4.04. The lowest BCUT2D eigenvalue weighted by molar-refractivity contribution is 0.0666. The van der Waals surface area contributed by atoms with Crippen molar-refractivity contribution in [3.8, 4) is 28.4 Å². The number of furan rings is 1. The first-order chi connectivity index (χ1) is 11.6. The van der Waals surface area contributed by atoms with Crippen LogP contribution in [0.25, 0.3) is 22.1 Å². The van der Waals surface area contributed by atoms with E-state index in [1.807, 2.05) is 30.3 Å². The fourth-order valence-corrected chi connectivity index (χ4v) is 2.73. The van der Waals surface area contributed by atoms with E-state index in [1.165, 1.54) is 21.3 Å². The SMILES string of the molecule is COc1cc2c(-c3ccccc3)c(C(=O)O)oc2c(OC)c1OC. The highest BCUT2D eigenvalue weighted by Crippen LogP contribution is 2.48. The fraction of sp³-hybridized carbons (Fsp3) is 0.167.